The summed E-state index contributed by atoms with van der Waals surface area (Å²) in [4.78, 5) is 27.2. The van der Waals surface area contributed by atoms with Gasteiger partial charge in [-0.2, -0.15) is 0 Å². The zero-order valence-electron chi connectivity index (χ0n) is 17.6. The molecule has 0 bridgehead atoms. The summed E-state index contributed by atoms with van der Waals surface area (Å²) in [5, 5.41) is 16.4. The van der Waals surface area contributed by atoms with Crippen molar-refractivity contribution in [2.45, 2.75) is 12.0 Å². The minimum atomic E-state index is -3.07. The molecule has 0 radical (unpaired) electrons. The molecular formula is C21H23N5O4S2. The van der Waals surface area contributed by atoms with Crippen LogP contribution in [-0.2, 0) is 20.2 Å². The number of aliphatic hydroxyl groups is 1. The maximum absolute atomic E-state index is 12.4. The van der Waals surface area contributed by atoms with Crippen molar-refractivity contribution >= 4 is 33.0 Å². The summed E-state index contributed by atoms with van der Waals surface area (Å²) in [7, 11) is -1.39. The molecule has 0 saturated carbocycles. The number of carbonyl (C=O) groups excluding carboxylic acids is 1. The number of rotatable bonds is 7. The van der Waals surface area contributed by atoms with Gasteiger partial charge in [-0.1, -0.05) is 18.2 Å². The van der Waals surface area contributed by atoms with Gasteiger partial charge in [-0.05, 0) is 17.7 Å². The lowest BCUT2D eigenvalue weighted by atomic mass is 9.91. The van der Waals surface area contributed by atoms with Crippen LogP contribution in [0.3, 0.4) is 0 Å². The van der Waals surface area contributed by atoms with Crippen LogP contribution in [0.25, 0.3) is 22.0 Å². The van der Waals surface area contributed by atoms with Crippen molar-refractivity contribution in [2.24, 2.45) is 0 Å². The summed E-state index contributed by atoms with van der Waals surface area (Å²) < 4.78 is 22.6. The van der Waals surface area contributed by atoms with Crippen molar-refractivity contribution in [3.63, 3.8) is 0 Å². The molecule has 1 unspecified atom stereocenters. The highest BCUT2D eigenvalue weighted by atomic mass is 32.2. The van der Waals surface area contributed by atoms with E-state index in [9.17, 15) is 18.3 Å². The number of sulfone groups is 1. The molecule has 0 spiro atoms. The third-order valence-electron chi connectivity index (χ3n) is 5.27. The molecule has 1 saturated heterocycles. The van der Waals surface area contributed by atoms with Crippen LogP contribution in [0.15, 0.2) is 41.9 Å². The van der Waals surface area contributed by atoms with Gasteiger partial charge in [-0.3, -0.25) is 4.79 Å². The van der Waals surface area contributed by atoms with Crippen molar-refractivity contribution in [3.05, 3.63) is 47.5 Å². The van der Waals surface area contributed by atoms with Crippen molar-refractivity contribution < 1.29 is 18.3 Å². The van der Waals surface area contributed by atoms with Crippen molar-refractivity contribution in [1.29, 1.82) is 0 Å². The second-order valence-corrected chi connectivity index (χ2v) is 10.9. The standard InChI is InChI=1S/C21H23N5O4S2/c1-26-10-7-21(28,19(26)27)15-5-3-4-14(12-15)18-24-17(13-31-18)16-6-8-22-20(25-16)23-9-11-32(2,29)30/h3-6,8,12-13,28H,7,9-11H2,1-2H3,(H,22,23,25). The molecule has 3 aromatic rings. The fourth-order valence-electron chi connectivity index (χ4n) is 3.49. The van der Waals surface area contributed by atoms with Crippen LogP contribution in [0.4, 0.5) is 5.95 Å². The smallest absolute Gasteiger partial charge is 0.258 e. The molecule has 4 rings (SSSR count). The summed E-state index contributed by atoms with van der Waals surface area (Å²) in [5.74, 6) is 0.0164. The van der Waals surface area contributed by atoms with E-state index >= 15 is 0 Å². The molecular weight excluding hydrogens is 450 g/mol. The number of likely N-dealkylation sites (N-methyl/N-ethyl adjacent to an activating group) is 1. The maximum Gasteiger partial charge on any atom is 0.258 e. The normalized spacial score (nSPS) is 18.8. The zero-order chi connectivity index (χ0) is 22.9. The van der Waals surface area contributed by atoms with Crippen LogP contribution in [0, 0.1) is 0 Å². The van der Waals surface area contributed by atoms with Gasteiger partial charge in [0.25, 0.3) is 5.91 Å². The average Bonchev–Trinajstić information content (AvgIpc) is 3.35. The van der Waals surface area contributed by atoms with E-state index in [1.807, 2.05) is 17.5 Å². The Labute approximate surface area is 190 Å². The summed E-state index contributed by atoms with van der Waals surface area (Å²) in [6.45, 7) is 0.726. The van der Waals surface area contributed by atoms with E-state index in [0.29, 0.717) is 35.9 Å². The van der Waals surface area contributed by atoms with Gasteiger partial charge in [0, 0.05) is 50.0 Å². The van der Waals surface area contributed by atoms with Crippen LogP contribution in [0.5, 0.6) is 0 Å². The van der Waals surface area contributed by atoms with Crippen molar-refractivity contribution in [1.82, 2.24) is 19.9 Å². The van der Waals surface area contributed by atoms with Crippen LogP contribution in [-0.4, -0.2) is 71.4 Å². The topological polar surface area (TPSA) is 125 Å². The Hall–Kier alpha value is -2.89. The van der Waals surface area contributed by atoms with Crippen LogP contribution in [0.1, 0.15) is 12.0 Å². The monoisotopic (exact) mass is 473 g/mol. The third-order valence-corrected chi connectivity index (χ3v) is 7.11. The van der Waals surface area contributed by atoms with Crippen LogP contribution in [0.2, 0.25) is 0 Å². The number of benzene rings is 1. The Morgan fingerprint density at radius 3 is 2.78 bits per heavy atom. The molecule has 1 aliphatic rings. The van der Waals surface area contributed by atoms with E-state index < -0.39 is 15.4 Å². The predicted molar refractivity (Wildman–Crippen MR) is 123 cm³/mol. The summed E-state index contributed by atoms with van der Waals surface area (Å²) in [6, 6.07) is 8.99. The number of aromatic nitrogens is 3. The Morgan fingerprint density at radius 1 is 1.25 bits per heavy atom. The molecule has 2 N–H and O–H groups in total. The molecule has 168 valence electrons. The third kappa shape index (κ3) is 4.64. The first-order valence-corrected chi connectivity index (χ1v) is 12.9. The highest BCUT2D eigenvalue weighted by molar-refractivity contribution is 7.90. The first-order chi connectivity index (χ1) is 15.2. The lowest BCUT2D eigenvalue weighted by Gasteiger charge is -2.21. The van der Waals surface area contributed by atoms with E-state index in [1.54, 1.807) is 31.4 Å². The van der Waals surface area contributed by atoms with Gasteiger partial charge in [-0.15, -0.1) is 11.3 Å². The molecule has 1 aliphatic heterocycles. The Balaban J connectivity index is 1.55. The number of nitrogens with one attached hydrogen (secondary N) is 1. The number of nitrogens with zero attached hydrogens (tertiary/aromatic N) is 4. The zero-order valence-corrected chi connectivity index (χ0v) is 19.3. The number of hydrogen-bond acceptors (Lipinski definition) is 9. The highest BCUT2D eigenvalue weighted by Crippen LogP contribution is 2.36. The fraction of sp³-hybridized carbons (Fsp3) is 0.333. The predicted octanol–water partition coefficient (Wildman–Crippen LogP) is 1.77. The summed E-state index contributed by atoms with van der Waals surface area (Å²) in [6.07, 6.45) is 3.12. The van der Waals surface area contributed by atoms with E-state index in [1.165, 1.54) is 22.5 Å². The molecule has 32 heavy (non-hydrogen) atoms. The fourth-order valence-corrected chi connectivity index (χ4v) is 4.77. The lowest BCUT2D eigenvalue weighted by molar-refractivity contribution is -0.143. The summed E-state index contributed by atoms with van der Waals surface area (Å²) >= 11 is 1.43. The SMILES string of the molecule is CN1CCC(O)(c2cccc(-c3nc(-c4ccnc(NCCS(C)(=O)=O)n4)cs3)c2)C1=O. The number of anilines is 1. The van der Waals surface area contributed by atoms with E-state index in [2.05, 4.69) is 20.3 Å². The van der Waals surface area contributed by atoms with Gasteiger partial charge >= 0.3 is 0 Å². The molecule has 1 atom stereocenters. The Morgan fingerprint density at radius 2 is 2.06 bits per heavy atom. The minimum absolute atomic E-state index is 0.0115. The van der Waals surface area contributed by atoms with Crippen LogP contribution < -0.4 is 5.32 Å². The molecule has 1 fully saturated rings. The van der Waals surface area contributed by atoms with Gasteiger partial charge in [0.1, 0.15) is 20.5 Å². The molecule has 3 heterocycles. The molecule has 1 aromatic carbocycles. The van der Waals surface area contributed by atoms with Crippen molar-refractivity contribution in [3.8, 4) is 22.0 Å². The first-order valence-electron chi connectivity index (χ1n) is 9.95. The molecule has 11 heteroatoms. The number of hydrogen-bond donors (Lipinski definition) is 2. The quantitative estimate of drug-likeness (QED) is 0.532. The Bertz CT molecular complexity index is 1260. The molecule has 9 nitrogen and oxygen atoms in total. The van der Waals surface area contributed by atoms with Crippen molar-refractivity contribution in [2.75, 3.05) is 37.5 Å². The van der Waals surface area contributed by atoms with Gasteiger partial charge < -0.3 is 15.3 Å². The second kappa shape index (κ2) is 8.57. The molecule has 0 aliphatic carbocycles. The largest absolute Gasteiger partial charge is 0.375 e. The Kier molecular flexibility index (Phi) is 5.97. The molecule has 2 aromatic heterocycles. The number of carbonyl (C=O) groups is 1. The average molecular weight is 474 g/mol. The number of thiazole rings is 1. The van der Waals surface area contributed by atoms with Gasteiger partial charge in [0.2, 0.25) is 5.95 Å². The number of amides is 1. The van der Waals surface area contributed by atoms with Gasteiger partial charge in [-0.25, -0.2) is 23.4 Å². The lowest BCUT2D eigenvalue weighted by Crippen LogP contribution is -2.36. The van der Waals surface area contributed by atoms with E-state index in [-0.39, 0.29) is 18.2 Å². The van der Waals surface area contributed by atoms with Crippen LogP contribution >= 0.6 is 11.3 Å². The summed E-state index contributed by atoms with van der Waals surface area (Å²) in [5.41, 5.74) is 1.10. The van der Waals surface area contributed by atoms with E-state index in [0.717, 1.165) is 10.6 Å². The second-order valence-electron chi connectivity index (χ2n) is 7.78. The molecule has 1 amide bonds. The maximum atomic E-state index is 12.4. The van der Waals surface area contributed by atoms with E-state index in [4.69, 9.17) is 0 Å². The van der Waals surface area contributed by atoms with Gasteiger partial charge in [0.05, 0.1) is 11.4 Å². The number of likely N-dealkylation sites (tertiary alicyclic amines) is 1. The first kappa shape index (κ1) is 22.3. The minimum Gasteiger partial charge on any atom is -0.375 e. The van der Waals surface area contributed by atoms with Gasteiger partial charge in [0.15, 0.2) is 5.60 Å². The highest BCUT2D eigenvalue weighted by Gasteiger charge is 2.45.